The molecule has 1 aliphatic heterocycles. The molecule has 5 heteroatoms. The molecule has 1 N–H and O–H groups in total. The van der Waals surface area contributed by atoms with Crippen LogP contribution in [0.2, 0.25) is 0 Å². The molecule has 0 spiro atoms. The van der Waals surface area contributed by atoms with Crippen molar-refractivity contribution in [2.24, 2.45) is 0 Å². The van der Waals surface area contributed by atoms with Crippen molar-refractivity contribution >= 4 is 10.0 Å². The van der Waals surface area contributed by atoms with Gasteiger partial charge in [-0.25, -0.2) is 12.7 Å². The molecule has 102 valence electrons. The summed E-state index contributed by atoms with van der Waals surface area (Å²) in [7, 11) is -3.00. The summed E-state index contributed by atoms with van der Waals surface area (Å²) in [6.45, 7) is 5.35. The van der Waals surface area contributed by atoms with Crippen molar-refractivity contribution in [3.05, 3.63) is 0 Å². The van der Waals surface area contributed by atoms with Crippen LogP contribution in [0.25, 0.3) is 0 Å². The predicted octanol–water partition coefficient (Wildman–Crippen LogP) is 1.58. The first-order chi connectivity index (χ1) is 8.17. The zero-order valence-electron chi connectivity index (χ0n) is 11.0. The molecule has 0 aliphatic carbocycles. The Morgan fingerprint density at radius 2 is 1.71 bits per heavy atom. The lowest BCUT2D eigenvalue weighted by Gasteiger charge is -2.19. The molecule has 0 aromatic rings. The van der Waals surface area contributed by atoms with Gasteiger partial charge in [-0.2, -0.15) is 0 Å². The van der Waals surface area contributed by atoms with Crippen LogP contribution in [0.5, 0.6) is 0 Å². The van der Waals surface area contributed by atoms with E-state index in [0.29, 0.717) is 5.75 Å². The lowest BCUT2D eigenvalue weighted by molar-refractivity contribution is 0.422. The number of nitrogens with one attached hydrogen (secondary N) is 1. The highest BCUT2D eigenvalue weighted by Crippen LogP contribution is 2.14. The van der Waals surface area contributed by atoms with Crippen LogP contribution in [0.3, 0.4) is 0 Å². The first-order valence-corrected chi connectivity index (χ1v) is 8.46. The van der Waals surface area contributed by atoms with Gasteiger partial charge in [0, 0.05) is 13.1 Å². The number of sulfonamides is 1. The maximum Gasteiger partial charge on any atom is 0.214 e. The summed E-state index contributed by atoms with van der Waals surface area (Å²) in [6.07, 6.45) is 6.20. The van der Waals surface area contributed by atoms with Gasteiger partial charge in [-0.15, -0.1) is 0 Å². The molecule has 17 heavy (non-hydrogen) atoms. The van der Waals surface area contributed by atoms with Gasteiger partial charge >= 0.3 is 0 Å². The summed E-state index contributed by atoms with van der Waals surface area (Å²) >= 11 is 0. The molecule has 0 saturated carbocycles. The van der Waals surface area contributed by atoms with Crippen molar-refractivity contribution in [2.45, 2.75) is 45.4 Å². The molecule has 1 saturated heterocycles. The van der Waals surface area contributed by atoms with E-state index >= 15 is 0 Å². The third-order valence-corrected chi connectivity index (χ3v) is 5.10. The highest BCUT2D eigenvalue weighted by Gasteiger charge is 2.21. The summed E-state index contributed by atoms with van der Waals surface area (Å²) in [5.74, 6) is 0.295. The molecule has 0 amide bonds. The Hall–Kier alpha value is -0.130. The van der Waals surface area contributed by atoms with E-state index < -0.39 is 10.0 Å². The smallest absolute Gasteiger partial charge is 0.214 e. The second kappa shape index (κ2) is 8.06. The Morgan fingerprint density at radius 3 is 2.29 bits per heavy atom. The number of rotatable bonds is 7. The average Bonchev–Trinajstić information content (AvgIpc) is 2.57. The minimum atomic E-state index is -3.00. The van der Waals surface area contributed by atoms with Gasteiger partial charge in [-0.3, -0.25) is 0 Å². The number of hydrogen-bond donors (Lipinski definition) is 1. The number of nitrogens with zero attached hydrogens (tertiary/aromatic N) is 1. The minimum absolute atomic E-state index is 0.295. The van der Waals surface area contributed by atoms with Crippen LogP contribution < -0.4 is 5.32 Å². The first kappa shape index (κ1) is 14.9. The fourth-order valence-corrected chi connectivity index (χ4v) is 3.71. The van der Waals surface area contributed by atoms with Crippen LogP contribution in [0.15, 0.2) is 0 Å². The lowest BCUT2D eigenvalue weighted by Crippen LogP contribution is -2.34. The highest BCUT2D eigenvalue weighted by atomic mass is 32.2. The van der Waals surface area contributed by atoms with Gasteiger partial charge in [0.05, 0.1) is 5.75 Å². The first-order valence-electron chi connectivity index (χ1n) is 6.85. The minimum Gasteiger partial charge on any atom is -0.317 e. The van der Waals surface area contributed by atoms with E-state index in [4.69, 9.17) is 0 Å². The molecule has 1 rings (SSSR count). The van der Waals surface area contributed by atoms with E-state index in [1.54, 1.807) is 4.31 Å². The Kier molecular flexibility index (Phi) is 7.08. The van der Waals surface area contributed by atoms with Crippen molar-refractivity contribution in [1.29, 1.82) is 0 Å². The van der Waals surface area contributed by atoms with Crippen LogP contribution in [0.4, 0.5) is 0 Å². The van der Waals surface area contributed by atoms with Crippen LogP contribution in [-0.4, -0.2) is 44.7 Å². The van der Waals surface area contributed by atoms with Gasteiger partial charge in [-0.1, -0.05) is 19.8 Å². The van der Waals surface area contributed by atoms with Crippen LogP contribution in [-0.2, 0) is 10.0 Å². The van der Waals surface area contributed by atoms with Gasteiger partial charge in [0.2, 0.25) is 10.0 Å². The Morgan fingerprint density at radius 1 is 1.06 bits per heavy atom. The van der Waals surface area contributed by atoms with E-state index in [-0.39, 0.29) is 0 Å². The molecule has 0 atom stereocenters. The standard InChI is InChI=1S/C12H26N2O2S/c1-2-8-13-9-7-12-17(15,16)14-10-5-3-4-6-11-14/h13H,2-12H2,1H3. The third-order valence-electron chi connectivity index (χ3n) is 3.14. The zero-order chi connectivity index (χ0) is 12.6. The highest BCUT2D eigenvalue weighted by molar-refractivity contribution is 7.89. The van der Waals surface area contributed by atoms with Gasteiger partial charge in [0.1, 0.15) is 0 Å². The topological polar surface area (TPSA) is 49.4 Å². The fourth-order valence-electron chi connectivity index (χ4n) is 2.13. The molecule has 0 aromatic carbocycles. The Bertz CT molecular complexity index is 283. The van der Waals surface area contributed by atoms with E-state index in [1.165, 1.54) is 12.8 Å². The summed E-state index contributed by atoms with van der Waals surface area (Å²) < 4.78 is 25.8. The lowest BCUT2D eigenvalue weighted by atomic mass is 10.2. The van der Waals surface area contributed by atoms with Crippen LogP contribution in [0.1, 0.15) is 45.4 Å². The molecule has 1 aliphatic rings. The molecule has 0 unspecified atom stereocenters. The predicted molar refractivity (Wildman–Crippen MR) is 71.6 cm³/mol. The average molecular weight is 262 g/mol. The molecular formula is C12H26N2O2S. The fraction of sp³-hybridized carbons (Fsp3) is 1.00. The summed E-state index contributed by atoms with van der Waals surface area (Å²) in [4.78, 5) is 0. The largest absolute Gasteiger partial charge is 0.317 e. The second-order valence-electron chi connectivity index (χ2n) is 4.73. The Labute approximate surface area is 106 Å². The molecular weight excluding hydrogens is 236 g/mol. The van der Waals surface area contributed by atoms with Crippen molar-refractivity contribution in [3.63, 3.8) is 0 Å². The van der Waals surface area contributed by atoms with Gasteiger partial charge < -0.3 is 5.32 Å². The molecule has 0 radical (unpaired) electrons. The zero-order valence-corrected chi connectivity index (χ0v) is 11.8. The molecule has 0 bridgehead atoms. The van der Waals surface area contributed by atoms with Crippen LogP contribution >= 0.6 is 0 Å². The monoisotopic (exact) mass is 262 g/mol. The van der Waals surface area contributed by atoms with Crippen molar-refractivity contribution in [2.75, 3.05) is 31.9 Å². The summed E-state index contributed by atoms with van der Waals surface area (Å²) in [6, 6.07) is 0. The van der Waals surface area contributed by atoms with Crippen molar-refractivity contribution in [3.8, 4) is 0 Å². The molecule has 1 heterocycles. The normalized spacial score (nSPS) is 19.1. The quantitative estimate of drug-likeness (QED) is 0.709. The van der Waals surface area contributed by atoms with Gasteiger partial charge in [0.15, 0.2) is 0 Å². The maximum absolute atomic E-state index is 12.1. The van der Waals surface area contributed by atoms with Gasteiger partial charge in [0.25, 0.3) is 0 Å². The third kappa shape index (κ3) is 5.84. The van der Waals surface area contributed by atoms with E-state index in [9.17, 15) is 8.42 Å². The molecule has 0 aromatic heterocycles. The maximum atomic E-state index is 12.1. The van der Waals surface area contributed by atoms with E-state index in [1.807, 2.05) is 0 Å². The molecule has 1 fully saturated rings. The van der Waals surface area contributed by atoms with Crippen molar-refractivity contribution in [1.82, 2.24) is 9.62 Å². The summed E-state index contributed by atoms with van der Waals surface area (Å²) in [5.41, 5.74) is 0. The van der Waals surface area contributed by atoms with Gasteiger partial charge in [-0.05, 0) is 38.8 Å². The second-order valence-corrected chi connectivity index (χ2v) is 6.82. The van der Waals surface area contributed by atoms with Crippen molar-refractivity contribution < 1.29 is 8.42 Å². The SMILES string of the molecule is CCCNCCCS(=O)(=O)N1CCCCCC1. The van der Waals surface area contributed by atoms with E-state index in [2.05, 4.69) is 12.2 Å². The number of hydrogen-bond acceptors (Lipinski definition) is 3. The summed E-state index contributed by atoms with van der Waals surface area (Å²) in [5, 5.41) is 3.24. The molecule has 4 nitrogen and oxygen atoms in total. The van der Waals surface area contributed by atoms with Crippen LogP contribution in [0, 0.1) is 0 Å². The Balaban J connectivity index is 2.28. The van der Waals surface area contributed by atoms with E-state index in [0.717, 1.165) is 51.9 Å².